The van der Waals surface area contributed by atoms with E-state index in [4.69, 9.17) is 0 Å². The standard InChI is InChI=1S/C17H26N4O2/c1-5-9-13(6-2)19-16(22)20-14-10-8-11-15(12-14)21(4)17(23)18-7-3/h5,8,10-13H,1,6-7,9H2,2-4H3,(H,18,23)(H2,19,20,22). The van der Waals surface area contributed by atoms with Gasteiger partial charge in [-0.15, -0.1) is 6.58 Å². The van der Waals surface area contributed by atoms with Crippen molar-refractivity contribution >= 4 is 23.4 Å². The Balaban J connectivity index is 2.71. The van der Waals surface area contributed by atoms with Crippen LogP contribution in [0, 0.1) is 0 Å². The first-order valence-corrected chi connectivity index (χ1v) is 7.81. The van der Waals surface area contributed by atoms with Gasteiger partial charge in [0.25, 0.3) is 0 Å². The van der Waals surface area contributed by atoms with Gasteiger partial charge >= 0.3 is 12.1 Å². The predicted molar refractivity (Wildman–Crippen MR) is 95.0 cm³/mol. The number of hydrogen-bond donors (Lipinski definition) is 3. The fourth-order valence-corrected chi connectivity index (χ4v) is 2.06. The van der Waals surface area contributed by atoms with Crippen LogP contribution in [0.3, 0.4) is 0 Å². The third-order valence-electron chi connectivity index (χ3n) is 3.40. The quantitative estimate of drug-likeness (QED) is 0.675. The highest BCUT2D eigenvalue weighted by Gasteiger charge is 2.12. The Morgan fingerprint density at radius 3 is 2.70 bits per heavy atom. The second-order valence-electron chi connectivity index (χ2n) is 5.17. The number of nitrogens with one attached hydrogen (secondary N) is 3. The number of carbonyl (C=O) groups is 2. The van der Waals surface area contributed by atoms with Crippen molar-refractivity contribution in [1.29, 1.82) is 0 Å². The summed E-state index contributed by atoms with van der Waals surface area (Å²) in [6.07, 6.45) is 3.35. The first-order valence-electron chi connectivity index (χ1n) is 7.81. The van der Waals surface area contributed by atoms with Crippen LogP contribution < -0.4 is 20.9 Å². The SMILES string of the molecule is C=CCC(CC)NC(=O)Nc1cccc(N(C)C(=O)NCC)c1. The van der Waals surface area contributed by atoms with Crippen molar-refractivity contribution in [3.8, 4) is 0 Å². The van der Waals surface area contributed by atoms with Crippen LogP contribution in [0.15, 0.2) is 36.9 Å². The zero-order valence-electron chi connectivity index (χ0n) is 14.1. The summed E-state index contributed by atoms with van der Waals surface area (Å²) in [5.74, 6) is 0. The molecule has 1 atom stereocenters. The highest BCUT2D eigenvalue weighted by molar-refractivity contribution is 5.94. The molecule has 0 saturated heterocycles. The van der Waals surface area contributed by atoms with Crippen molar-refractivity contribution in [2.45, 2.75) is 32.7 Å². The minimum absolute atomic E-state index is 0.0636. The molecule has 1 aromatic carbocycles. The zero-order valence-corrected chi connectivity index (χ0v) is 14.1. The maximum Gasteiger partial charge on any atom is 0.321 e. The van der Waals surface area contributed by atoms with Crippen LogP contribution in [0.25, 0.3) is 0 Å². The summed E-state index contributed by atoms with van der Waals surface area (Å²) in [5.41, 5.74) is 1.33. The normalized spacial score (nSPS) is 11.3. The lowest BCUT2D eigenvalue weighted by Crippen LogP contribution is -2.38. The second-order valence-corrected chi connectivity index (χ2v) is 5.17. The summed E-state index contributed by atoms with van der Waals surface area (Å²) in [7, 11) is 1.68. The largest absolute Gasteiger partial charge is 0.338 e. The van der Waals surface area contributed by atoms with Gasteiger partial charge in [-0.25, -0.2) is 9.59 Å². The minimum atomic E-state index is -0.267. The summed E-state index contributed by atoms with van der Waals surface area (Å²) in [6.45, 7) is 8.12. The summed E-state index contributed by atoms with van der Waals surface area (Å²) >= 11 is 0. The number of nitrogens with zero attached hydrogens (tertiary/aromatic N) is 1. The molecule has 0 bridgehead atoms. The number of urea groups is 2. The Kier molecular flexibility index (Phi) is 7.66. The number of anilines is 2. The van der Waals surface area contributed by atoms with Gasteiger partial charge in [0.15, 0.2) is 0 Å². The van der Waals surface area contributed by atoms with Gasteiger partial charge in [0.05, 0.1) is 0 Å². The fraction of sp³-hybridized carbons (Fsp3) is 0.412. The molecule has 0 aliphatic rings. The molecule has 4 amide bonds. The highest BCUT2D eigenvalue weighted by atomic mass is 16.2. The monoisotopic (exact) mass is 318 g/mol. The first-order chi connectivity index (χ1) is 11.0. The van der Waals surface area contributed by atoms with Gasteiger partial charge in [-0.2, -0.15) is 0 Å². The van der Waals surface area contributed by atoms with Crippen molar-refractivity contribution in [2.24, 2.45) is 0 Å². The summed E-state index contributed by atoms with van der Waals surface area (Å²) in [5, 5.41) is 8.41. The predicted octanol–water partition coefficient (Wildman–Crippen LogP) is 3.33. The Hall–Kier alpha value is -2.50. The van der Waals surface area contributed by atoms with E-state index >= 15 is 0 Å². The fourth-order valence-electron chi connectivity index (χ4n) is 2.06. The Labute approximate surface area is 137 Å². The molecule has 0 radical (unpaired) electrons. The van der Waals surface area contributed by atoms with Gasteiger partial charge in [-0.05, 0) is 38.0 Å². The number of hydrogen-bond acceptors (Lipinski definition) is 2. The van der Waals surface area contributed by atoms with Crippen LogP contribution >= 0.6 is 0 Å². The lowest BCUT2D eigenvalue weighted by Gasteiger charge is -2.19. The molecular formula is C17H26N4O2. The van der Waals surface area contributed by atoms with Gasteiger partial charge in [0.2, 0.25) is 0 Å². The average Bonchev–Trinajstić information content (AvgIpc) is 2.54. The molecular weight excluding hydrogens is 292 g/mol. The summed E-state index contributed by atoms with van der Waals surface area (Å²) < 4.78 is 0. The molecule has 6 heteroatoms. The smallest absolute Gasteiger partial charge is 0.321 e. The number of benzene rings is 1. The molecule has 126 valence electrons. The van der Waals surface area contributed by atoms with Gasteiger partial charge < -0.3 is 16.0 Å². The maximum absolute atomic E-state index is 12.0. The van der Waals surface area contributed by atoms with Crippen LogP contribution in [0.4, 0.5) is 21.0 Å². The second kappa shape index (κ2) is 9.50. The van der Waals surface area contributed by atoms with Crippen molar-refractivity contribution < 1.29 is 9.59 Å². The molecule has 0 aliphatic carbocycles. The van der Waals surface area contributed by atoms with Crippen LogP contribution in [0.1, 0.15) is 26.7 Å². The molecule has 1 aromatic rings. The van der Waals surface area contributed by atoms with E-state index in [0.717, 1.165) is 12.8 Å². The maximum atomic E-state index is 12.0. The van der Waals surface area contributed by atoms with Crippen LogP contribution in [0.2, 0.25) is 0 Å². The van der Waals surface area contributed by atoms with Crippen molar-refractivity contribution in [2.75, 3.05) is 23.8 Å². The third-order valence-corrected chi connectivity index (χ3v) is 3.40. The lowest BCUT2D eigenvalue weighted by atomic mass is 10.1. The molecule has 0 aromatic heterocycles. The molecule has 3 N–H and O–H groups in total. The zero-order chi connectivity index (χ0) is 17.2. The van der Waals surface area contributed by atoms with Crippen LogP contribution in [-0.4, -0.2) is 31.7 Å². The summed E-state index contributed by atoms with van der Waals surface area (Å²) in [6, 6.07) is 6.75. The van der Waals surface area contributed by atoms with Gasteiger partial charge in [-0.1, -0.05) is 19.1 Å². The van der Waals surface area contributed by atoms with E-state index < -0.39 is 0 Å². The molecule has 0 heterocycles. The number of amides is 4. The van der Waals surface area contributed by atoms with E-state index in [2.05, 4.69) is 22.5 Å². The van der Waals surface area contributed by atoms with Crippen LogP contribution in [0.5, 0.6) is 0 Å². The molecule has 0 saturated carbocycles. The average molecular weight is 318 g/mol. The Morgan fingerprint density at radius 1 is 1.35 bits per heavy atom. The molecule has 23 heavy (non-hydrogen) atoms. The van der Waals surface area contributed by atoms with Crippen LogP contribution in [-0.2, 0) is 0 Å². The highest BCUT2D eigenvalue weighted by Crippen LogP contribution is 2.18. The Bertz CT molecular complexity index is 545. The van der Waals surface area contributed by atoms with Gasteiger partial charge in [0.1, 0.15) is 0 Å². The van der Waals surface area contributed by atoms with Crippen molar-refractivity contribution in [3.63, 3.8) is 0 Å². The van der Waals surface area contributed by atoms with E-state index in [9.17, 15) is 9.59 Å². The molecule has 1 rings (SSSR count). The van der Waals surface area contributed by atoms with Gasteiger partial charge in [0, 0.05) is 31.0 Å². The molecule has 0 spiro atoms. The molecule has 0 fully saturated rings. The van der Waals surface area contributed by atoms with E-state index in [0.29, 0.717) is 17.9 Å². The molecule has 1 unspecified atom stereocenters. The van der Waals surface area contributed by atoms with E-state index in [1.165, 1.54) is 4.90 Å². The lowest BCUT2D eigenvalue weighted by molar-refractivity contribution is 0.247. The topological polar surface area (TPSA) is 73.5 Å². The molecule has 6 nitrogen and oxygen atoms in total. The third kappa shape index (κ3) is 6.02. The van der Waals surface area contributed by atoms with E-state index in [1.807, 2.05) is 19.9 Å². The molecule has 0 aliphatic heterocycles. The first kappa shape index (κ1) is 18.5. The van der Waals surface area contributed by atoms with E-state index in [-0.39, 0.29) is 18.1 Å². The van der Waals surface area contributed by atoms with Crippen molar-refractivity contribution in [1.82, 2.24) is 10.6 Å². The summed E-state index contributed by atoms with van der Waals surface area (Å²) in [4.78, 5) is 25.4. The minimum Gasteiger partial charge on any atom is -0.338 e. The van der Waals surface area contributed by atoms with Crippen molar-refractivity contribution in [3.05, 3.63) is 36.9 Å². The van der Waals surface area contributed by atoms with E-state index in [1.54, 1.807) is 31.3 Å². The number of carbonyl (C=O) groups excluding carboxylic acids is 2. The Morgan fingerprint density at radius 2 is 2.09 bits per heavy atom. The van der Waals surface area contributed by atoms with Gasteiger partial charge in [-0.3, -0.25) is 4.90 Å². The number of rotatable bonds is 7.